The van der Waals surface area contributed by atoms with Crippen LogP contribution in [0.15, 0.2) is 158 Å². The summed E-state index contributed by atoms with van der Waals surface area (Å²) in [4.78, 5) is 0. The Bertz CT molecular complexity index is 2140. The normalized spacial score (nSPS) is 11.9. The zero-order valence-corrected chi connectivity index (χ0v) is 38.2. The maximum absolute atomic E-state index is 6.37. The number of rotatable bonds is 4. The number of halogens is 4. The van der Waals surface area contributed by atoms with E-state index in [0.717, 1.165) is 17.5 Å². The molecule has 0 amide bonds. The molecule has 0 N–H and O–H groups in total. The number of fused-ring (bicyclic) bond motifs is 3. The number of hydrogen-bond acceptors (Lipinski definition) is 0. The molecule has 0 aliphatic heterocycles. The van der Waals surface area contributed by atoms with Gasteiger partial charge in [0.2, 0.25) is 0 Å². The monoisotopic (exact) mass is 888 g/mol. The summed E-state index contributed by atoms with van der Waals surface area (Å²) in [6.45, 7) is 13.9. The van der Waals surface area contributed by atoms with Crippen LogP contribution in [0.5, 0.6) is 0 Å². The topological polar surface area (TPSA) is 0 Å². The third-order valence-corrected chi connectivity index (χ3v) is 11.2. The van der Waals surface area contributed by atoms with Gasteiger partial charge in [-0.05, 0) is 74.9 Å². The second-order valence-electron chi connectivity index (χ2n) is 16.0. The fourth-order valence-corrected chi connectivity index (χ4v) is 7.66. The Labute approximate surface area is 373 Å². The Hall–Kier alpha value is -3.29. The molecule has 8 rings (SSSR count). The van der Waals surface area contributed by atoms with Crippen molar-refractivity contribution in [2.24, 2.45) is 0 Å². The van der Waals surface area contributed by atoms with Crippen molar-refractivity contribution in [3.63, 3.8) is 0 Å². The van der Waals surface area contributed by atoms with Crippen molar-refractivity contribution >= 4 is 46.4 Å². The summed E-state index contributed by atoms with van der Waals surface area (Å²) in [6, 6.07) is 57.1. The Morgan fingerprint density at radius 2 is 0.982 bits per heavy atom. The molecule has 282 valence electrons. The van der Waals surface area contributed by atoms with Crippen LogP contribution < -0.4 is 0 Å². The zero-order valence-electron chi connectivity index (χ0n) is 32.7. The summed E-state index contributed by atoms with van der Waals surface area (Å²) in [5, 5.41) is 1.29. The van der Waals surface area contributed by atoms with Gasteiger partial charge in [-0.3, -0.25) is 0 Å². The summed E-state index contributed by atoms with van der Waals surface area (Å²) < 4.78 is -1.10. The molecule has 56 heavy (non-hydrogen) atoms. The van der Waals surface area contributed by atoms with E-state index >= 15 is 0 Å². The largest absolute Gasteiger partial charge is 2.00 e. The molecule has 0 saturated carbocycles. The smallest absolute Gasteiger partial charge is 0.214 e. The first-order valence-corrected chi connectivity index (χ1v) is 20.1. The summed E-state index contributed by atoms with van der Waals surface area (Å²) >= 11 is 24.4. The van der Waals surface area contributed by atoms with Gasteiger partial charge in [0.1, 0.15) is 0 Å². The van der Waals surface area contributed by atoms with Crippen LogP contribution in [-0.4, -0.2) is 0 Å². The van der Waals surface area contributed by atoms with Gasteiger partial charge in [0, 0.05) is 10.0 Å². The minimum Gasteiger partial charge on any atom is -0.214 e. The third kappa shape index (κ3) is 10.4. The van der Waals surface area contributed by atoms with Gasteiger partial charge in [0.05, 0.1) is 0 Å². The fourth-order valence-electron chi connectivity index (χ4n) is 6.91. The Kier molecular flexibility index (Phi) is 14.5. The molecule has 0 spiro atoms. The van der Waals surface area contributed by atoms with Crippen molar-refractivity contribution in [3.05, 3.63) is 207 Å². The molecule has 5 heteroatoms. The maximum atomic E-state index is 6.37. The van der Waals surface area contributed by atoms with Crippen LogP contribution in [0, 0.1) is 6.07 Å². The van der Waals surface area contributed by atoms with Crippen molar-refractivity contribution in [2.45, 2.75) is 63.1 Å². The predicted molar refractivity (Wildman–Crippen MR) is 239 cm³/mol. The molecule has 7 aromatic rings. The molecule has 0 heterocycles. The van der Waals surface area contributed by atoms with E-state index in [1.54, 1.807) is 48.5 Å². The summed E-state index contributed by atoms with van der Waals surface area (Å²) in [6.07, 6.45) is 0.944. The fraction of sp³-hybridized carbons (Fsp3) is 0.196. The van der Waals surface area contributed by atoms with Crippen molar-refractivity contribution in [1.29, 1.82) is 0 Å². The van der Waals surface area contributed by atoms with E-state index in [4.69, 9.17) is 46.4 Å². The maximum Gasteiger partial charge on any atom is 2.00 e. The van der Waals surface area contributed by atoms with E-state index < -0.39 is 4.33 Å². The molecule has 0 aromatic heterocycles. The van der Waals surface area contributed by atoms with Gasteiger partial charge in [-0.1, -0.05) is 202 Å². The van der Waals surface area contributed by atoms with Gasteiger partial charge >= 0.3 is 26.2 Å². The predicted octanol–water partition coefficient (Wildman–Crippen LogP) is 16.1. The van der Waals surface area contributed by atoms with Crippen LogP contribution in [0.3, 0.4) is 0 Å². The zero-order chi connectivity index (χ0) is 39.4. The molecular formula is C51H46Cl4Zr. The van der Waals surface area contributed by atoms with Gasteiger partial charge in [0.25, 0.3) is 0 Å². The number of benzene rings is 6. The first kappa shape index (κ1) is 43.8. The van der Waals surface area contributed by atoms with Crippen molar-refractivity contribution in [2.75, 3.05) is 0 Å². The molecule has 7 aromatic carbocycles. The average molecular weight is 892 g/mol. The molecule has 0 unspecified atom stereocenters. The molecule has 0 atom stereocenters. The molecule has 0 radical (unpaired) electrons. The molecule has 0 bridgehead atoms. The second kappa shape index (κ2) is 18.5. The average Bonchev–Trinajstić information content (AvgIpc) is 3.86. The number of hydrogen-bond donors (Lipinski definition) is 0. The van der Waals surface area contributed by atoms with E-state index in [-0.39, 0.29) is 37.0 Å². The first-order chi connectivity index (χ1) is 26.1. The van der Waals surface area contributed by atoms with Crippen molar-refractivity contribution in [3.8, 4) is 33.4 Å². The molecule has 0 fully saturated rings. The Balaban J connectivity index is 0.000000217. The second-order valence-corrected chi connectivity index (χ2v) is 18.2. The van der Waals surface area contributed by atoms with Crippen LogP contribution in [0.1, 0.15) is 74.9 Å². The van der Waals surface area contributed by atoms with Crippen molar-refractivity contribution in [1.82, 2.24) is 0 Å². The summed E-state index contributed by atoms with van der Waals surface area (Å²) in [7, 11) is 0. The number of alkyl halides is 2. The van der Waals surface area contributed by atoms with E-state index in [1.165, 1.54) is 55.6 Å². The molecule has 0 nitrogen and oxygen atoms in total. The van der Waals surface area contributed by atoms with Crippen LogP contribution in [-0.2, 0) is 47.8 Å². The standard InChI is InChI=1S/C33H33.C13H8Cl4.C5H5.Zr/c1-32(2,3)30-20-26-24(18-28(30)22-13-9-7-10-14-22)17-25-19-29(23-15-11-8-12-16-23)31(21-27(25)26)33(4,5)6;14-11-5-1-9(2-6-11)13(16,17)10-3-7-12(15)8-4-10;1-2-4-5-3-1;/h7-16,18,20-21H,17H2,1-6H3;1-8H;1-5H;/q-1;;-1;+2. The Morgan fingerprint density at radius 3 is 1.43 bits per heavy atom. The van der Waals surface area contributed by atoms with E-state index in [1.807, 2.05) is 30.3 Å². The van der Waals surface area contributed by atoms with Gasteiger partial charge in [-0.25, -0.2) is 12.1 Å². The molecule has 1 aliphatic carbocycles. The van der Waals surface area contributed by atoms with Gasteiger partial charge in [-0.15, -0.1) is 28.8 Å². The van der Waals surface area contributed by atoms with Gasteiger partial charge < -0.3 is 0 Å². The van der Waals surface area contributed by atoms with Crippen LogP contribution >= 0.6 is 46.4 Å². The van der Waals surface area contributed by atoms with Crippen LogP contribution in [0.25, 0.3) is 33.4 Å². The van der Waals surface area contributed by atoms with Crippen LogP contribution in [0.2, 0.25) is 10.0 Å². The SMILES string of the molecule is CC(C)(C)c1cc2c([c-]c1-c1ccccc1)Cc1cc(-c3ccccc3)c(C(C)(C)C)cc1-2.Clc1ccc(C(Cl)(Cl)c2ccc(Cl)cc2)cc1.[Zr+2].c1cc[cH-]c1. The minimum absolute atomic E-state index is 0. The Morgan fingerprint density at radius 1 is 0.518 bits per heavy atom. The molecule has 1 aliphatic rings. The summed E-state index contributed by atoms with van der Waals surface area (Å²) in [5.74, 6) is 0. The first-order valence-electron chi connectivity index (χ1n) is 18.6. The van der Waals surface area contributed by atoms with Gasteiger partial charge in [0.15, 0.2) is 4.33 Å². The molecular weight excluding hydrogens is 846 g/mol. The minimum atomic E-state index is -1.10. The summed E-state index contributed by atoms with van der Waals surface area (Å²) in [5.41, 5.74) is 15.0. The molecule has 0 saturated heterocycles. The van der Waals surface area contributed by atoms with E-state index in [0.29, 0.717) is 10.0 Å². The van der Waals surface area contributed by atoms with E-state index in [9.17, 15) is 0 Å². The quantitative estimate of drug-likeness (QED) is 0.122. The van der Waals surface area contributed by atoms with Gasteiger partial charge in [-0.2, -0.15) is 18.2 Å². The van der Waals surface area contributed by atoms with Crippen molar-refractivity contribution < 1.29 is 26.2 Å². The van der Waals surface area contributed by atoms with E-state index in [2.05, 4.69) is 126 Å². The van der Waals surface area contributed by atoms with Crippen LogP contribution in [0.4, 0.5) is 0 Å². The third-order valence-electron chi connectivity index (χ3n) is 9.79.